The van der Waals surface area contributed by atoms with Crippen LogP contribution >= 0.6 is 39.0 Å². The summed E-state index contributed by atoms with van der Waals surface area (Å²) in [6, 6.07) is 15.3. The maximum Gasteiger partial charge on any atom is 0.305 e. The van der Waals surface area contributed by atoms with Crippen LogP contribution in [0, 0.1) is 16.0 Å². The Morgan fingerprint density at radius 2 is 1.76 bits per heavy atom. The molecule has 3 amide bonds. The van der Waals surface area contributed by atoms with Gasteiger partial charge in [-0.05, 0) is 54.6 Å². The number of primary sulfonamides is 1. The largest absolute Gasteiger partial charge is 0.483 e. The zero-order valence-corrected chi connectivity index (χ0v) is 27.1. The van der Waals surface area contributed by atoms with Crippen LogP contribution in [0.4, 0.5) is 17.1 Å². The maximum absolute atomic E-state index is 14.0. The van der Waals surface area contributed by atoms with E-state index in [1.807, 2.05) is 0 Å². The number of anilines is 2. The van der Waals surface area contributed by atoms with Gasteiger partial charge in [-0.1, -0.05) is 39.0 Å². The van der Waals surface area contributed by atoms with Crippen LogP contribution in [0.2, 0.25) is 0 Å². The second kappa shape index (κ2) is 12.1. The molecule has 0 radical (unpaired) electrons. The van der Waals surface area contributed by atoms with E-state index in [4.69, 9.17) is 9.88 Å². The third-order valence-corrected chi connectivity index (χ3v) is 11.1. The Bertz CT molecular complexity index is 2080. The van der Waals surface area contributed by atoms with E-state index in [0.717, 1.165) is 28.0 Å². The van der Waals surface area contributed by atoms with Crippen molar-refractivity contribution in [3.8, 4) is 5.75 Å². The predicted octanol–water partition coefficient (Wildman–Crippen LogP) is 3.57. The fourth-order valence-corrected chi connectivity index (χ4v) is 8.69. The number of nitrogens with one attached hydrogen (secondary N) is 2. The van der Waals surface area contributed by atoms with Gasteiger partial charge in [-0.2, -0.15) is 0 Å². The van der Waals surface area contributed by atoms with Gasteiger partial charge in [0.05, 0.1) is 26.5 Å². The van der Waals surface area contributed by atoms with E-state index in [0.29, 0.717) is 25.6 Å². The van der Waals surface area contributed by atoms with Crippen LogP contribution < -0.4 is 25.0 Å². The number of aromatic amines is 1. The summed E-state index contributed by atoms with van der Waals surface area (Å²) in [5, 5.41) is 18.4. The minimum Gasteiger partial charge on any atom is -0.483 e. The number of hydrogen-bond donors (Lipinski definition) is 3. The van der Waals surface area contributed by atoms with Crippen LogP contribution in [0.5, 0.6) is 5.75 Å². The molecule has 0 bridgehead atoms. The summed E-state index contributed by atoms with van der Waals surface area (Å²) in [6.07, 6.45) is 0. The van der Waals surface area contributed by atoms with Crippen LogP contribution in [-0.4, -0.2) is 47.9 Å². The number of non-ortho nitro benzene ring substituents is 1. The number of aromatic nitrogens is 1. The average Bonchev–Trinajstić information content (AvgIpc) is 3.50. The van der Waals surface area contributed by atoms with E-state index < -0.39 is 56.4 Å². The number of nitrogens with zero attached hydrogens (tertiary/aromatic N) is 2. The number of amides is 3. The van der Waals surface area contributed by atoms with Crippen molar-refractivity contribution < 1.29 is 32.5 Å². The van der Waals surface area contributed by atoms with Gasteiger partial charge in [0.15, 0.2) is 6.61 Å². The molecule has 46 heavy (non-hydrogen) atoms. The van der Waals surface area contributed by atoms with Gasteiger partial charge < -0.3 is 15.0 Å². The third kappa shape index (κ3) is 5.96. The smallest absolute Gasteiger partial charge is 0.305 e. The fraction of sp³-hybridized carbons (Fsp3) is 0.143. The summed E-state index contributed by atoms with van der Waals surface area (Å²) in [5.74, 6) is -3.25. The number of carbonyl (C=O) groups is 3. The maximum atomic E-state index is 14.0. The Labute approximate surface area is 276 Å². The quantitative estimate of drug-likeness (QED) is 0.136. The highest BCUT2D eigenvalue weighted by molar-refractivity contribution is 9.10. The number of carbonyl (C=O) groups excluding carboxylic acids is 3. The number of hydrogen-bond acceptors (Lipinski definition) is 11. The number of nitro benzene ring substituents is 1. The van der Waals surface area contributed by atoms with Gasteiger partial charge in [-0.25, -0.2) is 18.5 Å². The molecule has 4 aromatic rings. The first kappa shape index (κ1) is 31.6. The minimum atomic E-state index is -3.91. The van der Waals surface area contributed by atoms with E-state index in [1.165, 1.54) is 48.5 Å². The van der Waals surface area contributed by atoms with Crippen molar-refractivity contribution in [3.63, 3.8) is 0 Å². The second-order valence-corrected chi connectivity index (χ2v) is 14.8. The molecular weight excluding hydrogens is 726 g/mol. The topological polar surface area (TPSA) is 212 Å². The van der Waals surface area contributed by atoms with Crippen molar-refractivity contribution in [2.75, 3.05) is 16.8 Å². The van der Waals surface area contributed by atoms with Crippen molar-refractivity contribution in [2.24, 2.45) is 11.1 Å². The number of nitro groups is 1. The molecule has 4 N–H and O–H groups in total. The molecule has 0 unspecified atom stereocenters. The highest BCUT2D eigenvalue weighted by Crippen LogP contribution is 2.54. The first-order chi connectivity index (χ1) is 21.8. The molecule has 2 aliphatic rings. The van der Waals surface area contributed by atoms with Crippen molar-refractivity contribution in [1.82, 2.24) is 4.98 Å². The summed E-state index contributed by atoms with van der Waals surface area (Å²) in [6.45, 7) is -0.473. The molecule has 1 aromatic heterocycles. The first-order valence-electron chi connectivity index (χ1n) is 13.2. The van der Waals surface area contributed by atoms with Crippen molar-refractivity contribution in [3.05, 3.63) is 101 Å². The standard InChI is InChI=1S/C28H20BrN5O9S3/c29-13-1-10-19(43-12-20(35)31-14-2-8-17(9-3-14)46(30,41)42)18(11-13)21-22-24(44-25-23(21)45-28(38)32-25)27(37)33(26(22)36)15-4-6-16(7-5-15)34(39)40/h1-11,21-22,24H,12H2,(H,31,35)(H,32,38)(H2,30,41,42)/t21-,22-,24+/m0/s1. The lowest BCUT2D eigenvalue weighted by atomic mass is 9.82. The molecule has 0 aliphatic carbocycles. The minimum absolute atomic E-state index is 0.122. The first-order valence-corrected chi connectivity index (χ1v) is 17.2. The number of ether oxygens (including phenoxy) is 1. The zero-order chi connectivity index (χ0) is 32.9. The van der Waals surface area contributed by atoms with Crippen LogP contribution in [0.3, 0.4) is 0 Å². The molecule has 236 valence electrons. The molecule has 3 atom stereocenters. The zero-order valence-electron chi connectivity index (χ0n) is 23.0. The van der Waals surface area contributed by atoms with Crippen LogP contribution in [-0.2, 0) is 24.4 Å². The number of imide groups is 1. The Balaban J connectivity index is 1.31. The van der Waals surface area contributed by atoms with Gasteiger partial charge in [0.25, 0.3) is 11.6 Å². The molecule has 2 aliphatic heterocycles. The number of thioether (sulfide) groups is 1. The Hall–Kier alpha value is -4.36. The highest BCUT2D eigenvalue weighted by atomic mass is 79.9. The molecule has 1 fully saturated rings. The summed E-state index contributed by atoms with van der Waals surface area (Å²) < 4.78 is 29.5. The number of benzene rings is 3. The third-order valence-electron chi connectivity index (χ3n) is 7.27. The molecule has 3 heterocycles. The lowest BCUT2D eigenvalue weighted by Crippen LogP contribution is -2.32. The van der Waals surface area contributed by atoms with E-state index in [1.54, 1.807) is 18.2 Å². The lowest BCUT2D eigenvalue weighted by molar-refractivity contribution is -0.384. The monoisotopic (exact) mass is 745 g/mol. The number of sulfonamides is 1. The van der Waals surface area contributed by atoms with Crippen LogP contribution in [0.15, 0.2) is 85.9 Å². The van der Waals surface area contributed by atoms with E-state index in [9.17, 15) is 37.7 Å². The number of rotatable bonds is 8. The molecule has 0 saturated carbocycles. The Morgan fingerprint density at radius 3 is 2.41 bits per heavy atom. The average molecular weight is 747 g/mol. The van der Waals surface area contributed by atoms with Gasteiger partial charge >= 0.3 is 4.87 Å². The number of halogens is 1. The number of fused-ring (bicyclic) bond motifs is 2. The SMILES string of the molecule is NS(=O)(=O)c1ccc(NC(=O)COc2ccc(Br)cc2[C@@H]2c3sc(=O)[nH]c3S[C@H]3C(=O)N(c4ccc([N+](=O)[O-])cc4)C(=O)[C@@H]23)cc1. The number of thiazole rings is 1. The molecule has 1 saturated heterocycles. The normalized spacial score (nSPS) is 19.0. The van der Waals surface area contributed by atoms with E-state index >= 15 is 0 Å². The number of H-pyrrole nitrogens is 1. The van der Waals surface area contributed by atoms with Gasteiger partial charge in [-0.15, -0.1) is 0 Å². The van der Waals surface area contributed by atoms with E-state index in [2.05, 4.69) is 26.2 Å². The molecule has 14 nitrogen and oxygen atoms in total. The summed E-state index contributed by atoms with van der Waals surface area (Å²) >= 11 is 5.41. The molecule has 6 rings (SSSR count). The van der Waals surface area contributed by atoms with Crippen LogP contribution in [0.25, 0.3) is 0 Å². The predicted molar refractivity (Wildman–Crippen MR) is 172 cm³/mol. The summed E-state index contributed by atoms with van der Waals surface area (Å²) in [5.41, 5.74) is 0.712. The van der Waals surface area contributed by atoms with Gasteiger partial charge in [0, 0.05) is 38.7 Å². The van der Waals surface area contributed by atoms with Gasteiger partial charge in [0.1, 0.15) is 11.0 Å². The Morgan fingerprint density at radius 1 is 1.07 bits per heavy atom. The summed E-state index contributed by atoms with van der Waals surface area (Å²) in [4.78, 5) is 67.3. The molecule has 3 aromatic carbocycles. The summed E-state index contributed by atoms with van der Waals surface area (Å²) in [7, 11) is -3.91. The van der Waals surface area contributed by atoms with E-state index in [-0.39, 0.29) is 26.9 Å². The van der Waals surface area contributed by atoms with Crippen molar-refractivity contribution >= 4 is 83.8 Å². The van der Waals surface area contributed by atoms with Gasteiger partial charge in [0.2, 0.25) is 21.8 Å². The fourth-order valence-electron chi connectivity index (χ4n) is 5.29. The van der Waals surface area contributed by atoms with Gasteiger partial charge in [-0.3, -0.25) is 29.3 Å². The van der Waals surface area contributed by atoms with Crippen molar-refractivity contribution in [1.29, 1.82) is 0 Å². The molecule has 0 spiro atoms. The molecule has 18 heteroatoms. The number of nitrogens with two attached hydrogens (primary N) is 1. The van der Waals surface area contributed by atoms with Crippen LogP contribution in [0.1, 0.15) is 16.4 Å². The molecular formula is C28H20BrN5O9S3. The highest BCUT2D eigenvalue weighted by Gasteiger charge is 2.57. The second-order valence-electron chi connectivity index (χ2n) is 10.1. The Kier molecular flexibility index (Phi) is 8.32. The lowest BCUT2D eigenvalue weighted by Gasteiger charge is -2.31. The van der Waals surface area contributed by atoms with Crippen molar-refractivity contribution in [2.45, 2.75) is 21.1 Å².